The summed E-state index contributed by atoms with van der Waals surface area (Å²) in [4.78, 5) is 35.9. The summed E-state index contributed by atoms with van der Waals surface area (Å²) < 4.78 is 1.75. The van der Waals surface area contributed by atoms with E-state index < -0.39 is 4.92 Å². The van der Waals surface area contributed by atoms with E-state index in [1.165, 1.54) is 24.5 Å². The van der Waals surface area contributed by atoms with Gasteiger partial charge in [-0.2, -0.15) is 0 Å². The fourth-order valence-corrected chi connectivity index (χ4v) is 3.93. The summed E-state index contributed by atoms with van der Waals surface area (Å²) in [5.41, 5.74) is 2.58. The molecule has 2 aromatic heterocycles. The number of fused-ring (bicyclic) bond motifs is 1. The van der Waals surface area contributed by atoms with Gasteiger partial charge in [-0.1, -0.05) is 41.6 Å². The van der Waals surface area contributed by atoms with Crippen molar-refractivity contribution in [1.82, 2.24) is 29.9 Å². The number of anilines is 1. The lowest BCUT2D eigenvalue weighted by Crippen LogP contribution is -2.49. The number of nitrogens with zero attached hydrogens (tertiary/aromatic N) is 8. The Kier molecular flexibility index (Phi) is 5.35. The average molecular weight is 444 g/mol. The third-order valence-corrected chi connectivity index (χ3v) is 5.63. The molecule has 11 nitrogen and oxygen atoms in total. The normalized spacial score (nSPS) is 13.9. The Bertz CT molecular complexity index is 1320. The van der Waals surface area contributed by atoms with Crippen LogP contribution in [0.25, 0.3) is 11.2 Å². The van der Waals surface area contributed by atoms with Crippen LogP contribution < -0.4 is 4.90 Å². The zero-order valence-corrected chi connectivity index (χ0v) is 17.6. The minimum absolute atomic E-state index is 0.0959. The van der Waals surface area contributed by atoms with Crippen LogP contribution in [-0.4, -0.2) is 66.9 Å². The van der Waals surface area contributed by atoms with Crippen molar-refractivity contribution in [2.75, 3.05) is 31.1 Å². The molecule has 0 aliphatic carbocycles. The second-order valence-corrected chi connectivity index (χ2v) is 7.69. The van der Waals surface area contributed by atoms with Gasteiger partial charge in [0.2, 0.25) is 0 Å². The molecular weight excluding hydrogens is 424 g/mol. The number of rotatable bonds is 5. The molecule has 166 valence electrons. The highest BCUT2D eigenvalue weighted by Gasteiger charge is 2.26. The summed E-state index contributed by atoms with van der Waals surface area (Å²) in [5, 5.41) is 19.6. The topological polar surface area (TPSA) is 123 Å². The summed E-state index contributed by atoms with van der Waals surface area (Å²) in [5.74, 6) is 0.460. The van der Waals surface area contributed by atoms with Crippen molar-refractivity contribution in [2.45, 2.75) is 6.54 Å². The maximum Gasteiger partial charge on any atom is 0.270 e. The first-order chi connectivity index (χ1) is 16.1. The van der Waals surface area contributed by atoms with Crippen LogP contribution in [0.5, 0.6) is 0 Å². The first-order valence-corrected chi connectivity index (χ1v) is 10.5. The standard InChI is InChI=1S/C22H20N8O3/c31-22(17-7-4-8-18(13-17)30(32)33)28-11-9-27(10-12-28)20-19-21(24-15-23-20)29(26-25-19)14-16-5-2-1-3-6-16/h1-8,13,15H,9-12,14H2. The highest BCUT2D eigenvalue weighted by Crippen LogP contribution is 2.23. The number of carbonyl (C=O) groups is 1. The minimum atomic E-state index is -0.500. The van der Waals surface area contributed by atoms with E-state index in [1.807, 2.05) is 30.3 Å². The number of piperazine rings is 1. The van der Waals surface area contributed by atoms with Gasteiger partial charge in [0.25, 0.3) is 11.6 Å². The molecule has 11 heteroatoms. The van der Waals surface area contributed by atoms with Gasteiger partial charge in [-0.05, 0) is 11.6 Å². The van der Waals surface area contributed by atoms with Crippen molar-refractivity contribution in [3.8, 4) is 0 Å². The molecule has 3 heterocycles. The van der Waals surface area contributed by atoms with Gasteiger partial charge in [0.05, 0.1) is 11.5 Å². The van der Waals surface area contributed by atoms with Crippen LogP contribution in [0.2, 0.25) is 0 Å². The molecule has 4 aromatic rings. The molecule has 1 fully saturated rings. The van der Waals surface area contributed by atoms with Crippen molar-refractivity contribution in [3.63, 3.8) is 0 Å². The van der Waals surface area contributed by atoms with Gasteiger partial charge >= 0.3 is 0 Å². The number of amides is 1. The molecule has 5 rings (SSSR count). The molecule has 2 aromatic carbocycles. The Morgan fingerprint density at radius 2 is 1.79 bits per heavy atom. The van der Waals surface area contributed by atoms with Crippen molar-refractivity contribution in [2.24, 2.45) is 0 Å². The van der Waals surface area contributed by atoms with Crippen LogP contribution in [0, 0.1) is 10.1 Å². The van der Waals surface area contributed by atoms with E-state index in [0.717, 1.165) is 5.56 Å². The molecule has 0 unspecified atom stereocenters. The highest BCUT2D eigenvalue weighted by atomic mass is 16.6. The molecule has 0 radical (unpaired) electrons. The summed E-state index contributed by atoms with van der Waals surface area (Å²) in [6.45, 7) is 2.59. The van der Waals surface area contributed by atoms with E-state index in [-0.39, 0.29) is 11.6 Å². The van der Waals surface area contributed by atoms with E-state index in [4.69, 9.17) is 0 Å². The SMILES string of the molecule is O=C(c1cccc([N+](=O)[O-])c1)N1CCN(c2ncnc3c2nnn3Cc2ccccc2)CC1. The number of nitro benzene ring substituents is 1. The van der Waals surface area contributed by atoms with Crippen molar-refractivity contribution in [3.05, 3.63) is 82.2 Å². The first-order valence-electron chi connectivity index (χ1n) is 10.5. The Morgan fingerprint density at radius 3 is 2.55 bits per heavy atom. The van der Waals surface area contributed by atoms with Gasteiger partial charge in [-0.3, -0.25) is 14.9 Å². The maximum atomic E-state index is 12.8. The number of hydrogen-bond acceptors (Lipinski definition) is 8. The van der Waals surface area contributed by atoms with Crippen molar-refractivity contribution >= 4 is 28.6 Å². The lowest BCUT2D eigenvalue weighted by atomic mass is 10.1. The Hall–Kier alpha value is -4.41. The van der Waals surface area contributed by atoms with E-state index in [0.29, 0.717) is 55.3 Å². The van der Waals surface area contributed by atoms with Crippen LogP contribution in [0.4, 0.5) is 11.5 Å². The second-order valence-electron chi connectivity index (χ2n) is 7.69. The zero-order chi connectivity index (χ0) is 22.8. The molecule has 0 spiro atoms. The fourth-order valence-electron chi connectivity index (χ4n) is 3.93. The number of non-ortho nitro benzene ring substituents is 1. The van der Waals surface area contributed by atoms with E-state index in [2.05, 4.69) is 25.2 Å². The monoisotopic (exact) mass is 444 g/mol. The maximum absolute atomic E-state index is 12.8. The first kappa shape index (κ1) is 20.5. The molecule has 0 bridgehead atoms. The van der Waals surface area contributed by atoms with Gasteiger partial charge in [-0.15, -0.1) is 5.10 Å². The number of nitro groups is 1. The molecule has 0 saturated carbocycles. The Morgan fingerprint density at radius 1 is 1.00 bits per heavy atom. The number of benzene rings is 2. The van der Waals surface area contributed by atoms with Crippen LogP contribution in [0.15, 0.2) is 60.9 Å². The van der Waals surface area contributed by atoms with Gasteiger partial charge in [-0.25, -0.2) is 14.6 Å². The van der Waals surface area contributed by atoms with Gasteiger partial charge in [0.1, 0.15) is 6.33 Å². The average Bonchev–Trinajstić information content (AvgIpc) is 3.27. The molecule has 1 amide bonds. The number of hydrogen-bond donors (Lipinski definition) is 0. The van der Waals surface area contributed by atoms with Crippen LogP contribution in [0.1, 0.15) is 15.9 Å². The molecule has 33 heavy (non-hydrogen) atoms. The Balaban J connectivity index is 1.31. The quantitative estimate of drug-likeness (QED) is 0.339. The molecule has 0 atom stereocenters. The second kappa shape index (κ2) is 8.61. The largest absolute Gasteiger partial charge is 0.351 e. The molecule has 1 aliphatic rings. The Labute approximate surface area is 188 Å². The van der Waals surface area contributed by atoms with E-state index >= 15 is 0 Å². The summed E-state index contributed by atoms with van der Waals surface area (Å²) >= 11 is 0. The number of carbonyl (C=O) groups excluding carboxylic acids is 1. The minimum Gasteiger partial charge on any atom is -0.351 e. The highest BCUT2D eigenvalue weighted by molar-refractivity contribution is 5.95. The molecule has 0 N–H and O–H groups in total. The van der Waals surface area contributed by atoms with Crippen molar-refractivity contribution < 1.29 is 9.72 Å². The van der Waals surface area contributed by atoms with Gasteiger partial charge in [0.15, 0.2) is 17.0 Å². The third-order valence-electron chi connectivity index (χ3n) is 5.63. The summed E-state index contributed by atoms with van der Waals surface area (Å²) in [6.07, 6.45) is 1.50. The predicted octanol–water partition coefficient (Wildman–Crippen LogP) is 2.14. The summed E-state index contributed by atoms with van der Waals surface area (Å²) in [7, 11) is 0. The van der Waals surface area contributed by atoms with Crippen LogP contribution >= 0.6 is 0 Å². The van der Waals surface area contributed by atoms with Gasteiger partial charge < -0.3 is 9.80 Å². The molecule has 1 aliphatic heterocycles. The van der Waals surface area contributed by atoms with Gasteiger partial charge in [0, 0.05) is 43.9 Å². The predicted molar refractivity (Wildman–Crippen MR) is 120 cm³/mol. The zero-order valence-electron chi connectivity index (χ0n) is 17.6. The van der Waals surface area contributed by atoms with Crippen LogP contribution in [-0.2, 0) is 6.54 Å². The smallest absolute Gasteiger partial charge is 0.270 e. The number of aromatic nitrogens is 5. The molecule has 1 saturated heterocycles. The summed E-state index contributed by atoms with van der Waals surface area (Å²) in [6, 6.07) is 15.8. The lowest BCUT2D eigenvalue weighted by molar-refractivity contribution is -0.384. The lowest BCUT2D eigenvalue weighted by Gasteiger charge is -2.35. The van der Waals surface area contributed by atoms with Crippen molar-refractivity contribution in [1.29, 1.82) is 0 Å². The van der Waals surface area contributed by atoms with Crippen LogP contribution in [0.3, 0.4) is 0 Å². The van der Waals surface area contributed by atoms with E-state index in [1.54, 1.807) is 15.6 Å². The third kappa shape index (κ3) is 4.07. The fraction of sp³-hybridized carbons (Fsp3) is 0.227. The van der Waals surface area contributed by atoms with E-state index in [9.17, 15) is 14.9 Å². The molecular formula is C22H20N8O3.